The van der Waals surface area contributed by atoms with Crippen LogP contribution in [0, 0.1) is 0 Å². The summed E-state index contributed by atoms with van der Waals surface area (Å²) >= 11 is 0. The molecule has 0 saturated heterocycles. The Hall–Kier alpha value is -0.0800. The Labute approximate surface area is 135 Å². The van der Waals surface area contributed by atoms with Gasteiger partial charge in [-0.3, -0.25) is 0 Å². The van der Waals surface area contributed by atoms with Crippen molar-refractivity contribution in [3.8, 4) is 0 Å². The van der Waals surface area contributed by atoms with Crippen molar-refractivity contribution < 1.29 is 4.74 Å². The molecule has 0 radical (unpaired) electrons. The molecule has 1 fully saturated rings. The van der Waals surface area contributed by atoms with Crippen molar-refractivity contribution in [1.82, 2.24) is 6.15 Å². The van der Waals surface area contributed by atoms with Crippen molar-refractivity contribution in [3.63, 3.8) is 0 Å². The molecule has 0 spiro atoms. The highest BCUT2D eigenvalue weighted by Crippen LogP contribution is 2.14. The number of ether oxygens (including phenoxy) is 1. The lowest BCUT2D eigenvalue weighted by molar-refractivity contribution is 0.125. The Morgan fingerprint density at radius 1 is 0.524 bits per heavy atom. The van der Waals surface area contributed by atoms with Gasteiger partial charge in [0.2, 0.25) is 0 Å². The van der Waals surface area contributed by atoms with Gasteiger partial charge < -0.3 is 10.9 Å². The molecule has 0 aromatic carbocycles. The van der Waals surface area contributed by atoms with E-state index in [0.29, 0.717) is 0 Å². The standard InChI is InChI=1S/C16H34O.C3H6.H3N/c1-3-5-7-9-11-13-15-17-16-14-12-10-8-6-4-2;1-2-3-1;/h3-16H2,1-2H3;1-3H2;1H3. The Morgan fingerprint density at radius 2 is 0.857 bits per heavy atom. The minimum Gasteiger partial charge on any atom is -0.381 e. The largest absolute Gasteiger partial charge is 0.381 e. The molecule has 0 aliphatic heterocycles. The first kappa shape index (κ1) is 23.2. The van der Waals surface area contributed by atoms with Crippen molar-refractivity contribution in [3.05, 3.63) is 0 Å². The maximum absolute atomic E-state index is 5.65. The van der Waals surface area contributed by atoms with Crippen molar-refractivity contribution in [2.45, 2.75) is 110 Å². The first-order valence-electron chi connectivity index (χ1n) is 9.49. The van der Waals surface area contributed by atoms with Gasteiger partial charge in [0.05, 0.1) is 0 Å². The van der Waals surface area contributed by atoms with E-state index >= 15 is 0 Å². The zero-order valence-electron chi connectivity index (χ0n) is 15.1. The number of unbranched alkanes of at least 4 members (excludes halogenated alkanes) is 10. The molecule has 2 heteroatoms. The van der Waals surface area contributed by atoms with E-state index in [1.165, 1.54) is 96.3 Å². The number of hydrogen-bond donors (Lipinski definition) is 1. The van der Waals surface area contributed by atoms with E-state index in [0.717, 1.165) is 13.2 Å². The summed E-state index contributed by atoms with van der Waals surface area (Å²) in [6.07, 6.45) is 20.8. The fourth-order valence-corrected chi connectivity index (χ4v) is 2.07. The van der Waals surface area contributed by atoms with Gasteiger partial charge in [-0.25, -0.2) is 0 Å². The molecule has 3 N–H and O–H groups in total. The molecule has 1 saturated carbocycles. The summed E-state index contributed by atoms with van der Waals surface area (Å²) in [5.74, 6) is 0. The molecule has 0 unspecified atom stereocenters. The van der Waals surface area contributed by atoms with Crippen molar-refractivity contribution >= 4 is 0 Å². The van der Waals surface area contributed by atoms with Crippen LogP contribution in [0.3, 0.4) is 0 Å². The molecule has 1 aliphatic rings. The monoisotopic (exact) mass is 301 g/mol. The lowest BCUT2D eigenvalue weighted by atomic mass is 10.1. The second-order valence-electron chi connectivity index (χ2n) is 6.21. The molecule has 0 amide bonds. The molecule has 0 atom stereocenters. The van der Waals surface area contributed by atoms with E-state index in [9.17, 15) is 0 Å². The lowest BCUT2D eigenvalue weighted by Gasteiger charge is -2.04. The van der Waals surface area contributed by atoms with Crippen LogP contribution in [0.2, 0.25) is 0 Å². The van der Waals surface area contributed by atoms with Gasteiger partial charge in [0.25, 0.3) is 0 Å². The first-order valence-corrected chi connectivity index (χ1v) is 9.49. The van der Waals surface area contributed by atoms with Crippen molar-refractivity contribution in [2.24, 2.45) is 0 Å². The van der Waals surface area contributed by atoms with Crippen molar-refractivity contribution in [2.75, 3.05) is 13.2 Å². The zero-order chi connectivity index (χ0) is 14.7. The van der Waals surface area contributed by atoms with E-state index in [1.54, 1.807) is 0 Å². The van der Waals surface area contributed by atoms with Gasteiger partial charge in [-0.15, -0.1) is 0 Å². The summed E-state index contributed by atoms with van der Waals surface area (Å²) in [6, 6.07) is 0. The average molecular weight is 302 g/mol. The maximum Gasteiger partial charge on any atom is 0.0466 e. The topological polar surface area (TPSA) is 44.2 Å². The molecule has 1 rings (SSSR count). The molecule has 0 aromatic rings. The highest BCUT2D eigenvalue weighted by molar-refractivity contribution is 4.50. The summed E-state index contributed by atoms with van der Waals surface area (Å²) in [6.45, 7) is 6.51. The fraction of sp³-hybridized carbons (Fsp3) is 1.00. The normalized spacial score (nSPS) is 12.3. The quantitative estimate of drug-likeness (QED) is 0.349. The van der Waals surface area contributed by atoms with Crippen LogP contribution < -0.4 is 6.15 Å². The predicted molar refractivity (Wildman–Crippen MR) is 96.4 cm³/mol. The van der Waals surface area contributed by atoms with Gasteiger partial charge in [-0.05, 0) is 12.8 Å². The molecular formula is C19H43NO. The van der Waals surface area contributed by atoms with Gasteiger partial charge in [0.1, 0.15) is 0 Å². The molecule has 1 aliphatic carbocycles. The lowest BCUT2D eigenvalue weighted by Crippen LogP contribution is -1.97. The Kier molecular flexibility index (Phi) is 24.5. The highest BCUT2D eigenvalue weighted by Gasteiger charge is 1.95. The minimum atomic E-state index is 0. The molecule has 2 nitrogen and oxygen atoms in total. The first-order chi connectivity index (χ1) is 9.91. The highest BCUT2D eigenvalue weighted by atomic mass is 16.5. The van der Waals surface area contributed by atoms with Gasteiger partial charge in [0, 0.05) is 13.2 Å². The summed E-state index contributed by atoms with van der Waals surface area (Å²) in [5, 5.41) is 0. The number of hydrogen-bond acceptors (Lipinski definition) is 2. The number of rotatable bonds is 14. The molecule has 0 bridgehead atoms. The van der Waals surface area contributed by atoms with Crippen LogP contribution in [0.15, 0.2) is 0 Å². The molecular weight excluding hydrogens is 258 g/mol. The van der Waals surface area contributed by atoms with Crippen LogP contribution in [0.25, 0.3) is 0 Å². The van der Waals surface area contributed by atoms with Crippen LogP contribution in [-0.4, -0.2) is 13.2 Å². The van der Waals surface area contributed by atoms with Crippen LogP contribution in [0.4, 0.5) is 0 Å². The van der Waals surface area contributed by atoms with E-state index < -0.39 is 0 Å². The molecule has 130 valence electrons. The van der Waals surface area contributed by atoms with Crippen LogP contribution in [0.5, 0.6) is 0 Å². The SMILES string of the molecule is C1CC1.CCCCCCCCOCCCCCCCC.N. The average Bonchev–Trinajstić information content (AvgIpc) is 3.32. The van der Waals surface area contributed by atoms with Gasteiger partial charge >= 0.3 is 0 Å². The third kappa shape index (κ3) is 28.7. The smallest absolute Gasteiger partial charge is 0.0466 e. The predicted octanol–water partition coefficient (Wildman–Crippen LogP) is 7.06. The molecule has 0 heterocycles. The van der Waals surface area contributed by atoms with Crippen LogP contribution in [-0.2, 0) is 4.74 Å². The zero-order valence-corrected chi connectivity index (χ0v) is 15.1. The molecule has 21 heavy (non-hydrogen) atoms. The summed E-state index contributed by atoms with van der Waals surface area (Å²) in [7, 11) is 0. The third-order valence-electron chi connectivity index (χ3n) is 3.64. The van der Waals surface area contributed by atoms with Crippen LogP contribution in [0.1, 0.15) is 110 Å². The Morgan fingerprint density at radius 3 is 1.19 bits per heavy atom. The van der Waals surface area contributed by atoms with E-state index in [2.05, 4.69) is 13.8 Å². The molecule has 0 aromatic heterocycles. The van der Waals surface area contributed by atoms with Gasteiger partial charge in [-0.1, -0.05) is 97.3 Å². The van der Waals surface area contributed by atoms with Gasteiger partial charge in [0.15, 0.2) is 0 Å². The van der Waals surface area contributed by atoms with E-state index in [-0.39, 0.29) is 6.15 Å². The summed E-state index contributed by atoms with van der Waals surface area (Å²) < 4.78 is 5.65. The Balaban J connectivity index is 0. The third-order valence-corrected chi connectivity index (χ3v) is 3.64. The Bertz CT molecular complexity index is 143. The van der Waals surface area contributed by atoms with Gasteiger partial charge in [-0.2, -0.15) is 0 Å². The van der Waals surface area contributed by atoms with E-state index in [4.69, 9.17) is 4.74 Å². The summed E-state index contributed by atoms with van der Waals surface area (Å²) in [5.41, 5.74) is 0. The van der Waals surface area contributed by atoms with Crippen LogP contribution >= 0.6 is 0 Å². The van der Waals surface area contributed by atoms with Crippen molar-refractivity contribution in [1.29, 1.82) is 0 Å². The second-order valence-corrected chi connectivity index (χ2v) is 6.21. The van der Waals surface area contributed by atoms with E-state index in [1.807, 2.05) is 0 Å². The second kappa shape index (κ2) is 22.2. The minimum absolute atomic E-state index is 0. The fourth-order valence-electron chi connectivity index (χ4n) is 2.07. The summed E-state index contributed by atoms with van der Waals surface area (Å²) in [4.78, 5) is 0. The maximum atomic E-state index is 5.65.